The standard InChI is InChI=1S/C30H35ClN2O5/c1-30(15-17-33(2)18-16-30)32-29(34)25-13-14-26(37-19-21-5-9-23(35-3)10-6-21)28(27(25)31)38-20-22-7-11-24(36-4)12-8-22/h5-14H,15-20H2,1-4H3,(H,32,34). The number of nitrogens with zero attached hydrogens (tertiary/aromatic N) is 1. The van der Waals surface area contributed by atoms with Gasteiger partial charge in [0.15, 0.2) is 11.5 Å². The molecule has 7 nitrogen and oxygen atoms in total. The Hall–Kier alpha value is -3.42. The summed E-state index contributed by atoms with van der Waals surface area (Å²) in [5.74, 6) is 2.10. The summed E-state index contributed by atoms with van der Waals surface area (Å²) in [5.41, 5.74) is 1.95. The molecule has 0 radical (unpaired) electrons. The first-order valence-corrected chi connectivity index (χ1v) is 13.0. The van der Waals surface area contributed by atoms with Gasteiger partial charge in [0.2, 0.25) is 0 Å². The Morgan fingerprint density at radius 1 is 0.868 bits per heavy atom. The predicted octanol–water partition coefficient (Wildman–Crippen LogP) is 5.73. The van der Waals surface area contributed by atoms with Gasteiger partial charge in [0.25, 0.3) is 5.91 Å². The summed E-state index contributed by atoms with van der Waals surface area (Å²) in [6.07, 6.45) is 1.74. The van der Waals surface area contributed by atoms with E-state index >= 15 is 0 Å². The third-order valence-corrected chi connectivity index (χ3v) is 7.28. The zero-order valence-electron chi connectivity index (χ0n) is 22.4. The summed E-state index contributed by atoms with van der Waals surface area (Å²) < 4.78 is 22.8. The molecule has 1 saturated heterocycles. The zero-order valence-corrected chi connectivity index (χ0v) is 23.1. The largest absolute Gasteiger partial charge is 0.497 e. The molecule has 1 aliphatic rings. The summed E-state index contributed by atoms with van der Waals surface area (Å²) in [6, 6.07) is 18.6. The van der Waals surface area contributed by atoms with Crippen molar-refractivity contribution in [2.24, 2.45) is 0 Å². The maximum Gasteiger partial charge on any atom is 0.253 e. The molecule has 0 spiro atoms. The van der Waals surface area contributed by atoms with Crippen LogP contribution in [0.3, 0.4) is 0 Å². The third kappa shape index (κ3) is 6.91. The number of carbonyl (C=O) groups excluding carboxylic acids is 1. The van der Waals surface area contributed by atoms with Crippen LogP contribution in [0, 0.1) is 0 Å². The number of ether oxygens (including phenoxy) is 4. The molecule has 1 fully saturated rings. The van der Waals surface area contributed by atoms with Crippen LogP contribution in [0.2, 0.25) is 5.02 Å². The number of rotatable bonds is 10. The van der Waals surface area contributed by atoms with Crippen molar-refractivity contribution < 1.29 is 23.7 Å². The number of likely N-dealkylation sites (tertiary alicyclic amines) is 1. The van der Waals surface area contributed by atoms with Crippen molar-refractivity contribution in [2.45, 2.75) is 38.5 Å². The third-order valence-electron chi connectivity index (χ3n) is 6.91. The lowest BCUT2D eigenvalue weighted by atomic mass is 9.89. The van der Waals surface area contributed by atoms with E-state index in [1.807, 2.05) is 48.5 Å². The first-order chi connectivity index (χ1) is 18.3. The van der Waals surface area contributed by atoms with Gasteiger partial charge in [0.05, 0.1) is 24.8 Å². The van der Waals surface area contributed by atoms with E-state index in [2.05, 4.69) is 24.2 Å². The molecule has 3 aromatic rings. The van der Waals surface area contributed by atoms with E-state index in [4.69, 9.17) is 30.5 Å². The van der Waals surface area contributed by atoms with Crippen molar-refractivity contribution >= 4 is 17.5 Å². The Labute approximate surface area is 229 Å². The van der Waals surface area contributed by atoms with Crippen LogP contribution in [0.25, 0.3) is 0 Å². The molecule has 0 atom stereocenters. The smallest absolute Gasteiger partial charge is 0.253 e. The highest BCUT2D eigenvalue weighted by Crippen LogP contribution is 2.39. The summed E-state index contributed by atoms with van der Waals surface area (Å²) in [7, 11) is 5.35. The van der Waals surface area contributed by atoms with E-state index in [1.54, 1.807) is 26.4 Å². The van der Waals surface area contributed by atoms with Crippen molar-refractivity contribution in [2.75, 3.05) is 34.4 Å². The number of carbonyl (C=O) groups is 1. The monoisotopic (exact) mass is 538 g/mol. The van der Waals surface area contributed by atoms with Crippen molar-refractivity contribution in [1.82, 2.24) is 10.2 Å². The van der Waals surface area contributed by atoms with Gasteiger partial charge in [-0.2, -0.15) is 0 Å². The van der Waals surface area contributed by atoms with E-state index in [-0.39, 0.29) is 23.1 Å². The number of amides is 1. The Balaban J connectivity index is 1.56. The van der Waals surface area contributed by atoms with Crippen LogP contribution in [0.1, 0.15) is 41.3 Å². The Morgan fingerprint density at radius 2 is 1.39 bits per heavy atom. The second-order valence-corrected chi connectivity index (χ2v) is 10.2. The topological polar surface area (TPSA) is 69.3 Å². The number of hydrogen-bond donors (Lipinski definition) is 1. The Kier molecular flexibility index (Phi) is 9.02. The van der Waals surface area contributed by atoms with Crippen LogP contribution in [0.5, 0.6) is 23.0 Å². The van der Waals surface area contributed by atoms with Gasteiger partial charge in [0.1, 0.15) is 24.7 Å². The van der Waals surface area contributed by atoms with Crippen molar-refractivity contribution in [1.29, 1.82) is 0 Å². The lowest BCUT2D eigenvalue weighted by Crippen LogP contribution is -2.52. The molecule has 8 heteroatoms. The number of hydrogen-bond acceptors (Lipinski definition) is 6. The van der Waals surface area contributed by atoms with E-state index in [0.717, 1.165) is 48.6 Å². The van der Waals surface area contributed by atoms with Gasteiger partial charge >= 0.3 is 0 Å². The molecule has 1 amide bonds. The van der Waals surface area contributed by atoms with Crippen molar-refractivity contribution in [3.05, 3.63) is 82.4 Å². The number of piperidine rings is 1. The number of benzene rings is 3. The van der Waals surface area contributed by atoms with E-state index < -0.39 is 0 Å². The van der Waals surface area contributed by atoms with Crippen molar-refractivity contribution in [3.63, 3.8) is 0 Å². The average molecular weight is 539 g/mol. The molecule has 38 heavy (non-hydrogen) atoms. The van der Waals surface area contributed by atoms with Gasteiger partial charge < -0.3 is 29.2 Å². The fourth-order valence-electron chi connectivity index (χ4n) is 4.30. The molecule has 0 unspecified atom stereocenters. The van der Waals surface area contributed by atoms with Crippen LogP contribution < -0.4 is 24.3 Å². The molecule has 1 N–H and O–H groups in total. The maximum absolute atomic E-state index is 13.3. The van der Waals surface area contributed by atoms with Crippen LogP contribution in [-0.4, -0.2) is 50.7 Å². The highest BCUT2D eigenvalue weighted by atomic mass is 35.5. The summed E-state index contributed by atoms with van der Waals surface area (Å²) in [5, 5.41) is 3.42. The maximum atomic E-state index is 13.3. The second-order valence-electron chi connectivity index (χ2n) is 9.85. The summed E-state index contributed by atoms with van der Waals surface area (Å²) >= 11 is 6.82. The van der Waals surface area contributed by atoms with Gasteiger partial charge in [-0.1, -0.05) is 35.9 Å². The molecule has 202 valence electrons. The van der Waals surface area contributed by atoms with E-state index in [1.165, 1.54) is 0 Å². The van der Waals surface area contributed by atoms with Crippen LogP contribution >= 0.6 is 11.6 Å². The SMILES string of the molecule is COc1ccc(COc2ccc(C(=O)NC3(C)CCN(C)CC3)c(Cl)c2OCc2ccc(OC)cc2)cc1. The minimum absolute atomic E-state index is 0.222. The molecule has 1 heterocycles. The minimum atomic E-state index is -0.291. The molecule has 4 rings (SSSR count). The molecule has 3 aromatic carbocycles. The average Bonchev–Trinajstić information content (AvgIpc) is 2.93. The van der Waals surface area contributed by atoms with E-state index in [9.17, 15) is 4.79 Å². The molecule has 0 aliphatic carbocycles. The molecular weight excluding hydrogens is 504 g/mol. The summed E-state index contributed by atoms with van der Waals surface area (Å²) in [6.45, 7) is 4.49. The van der Waals surface area contributed by atoms with Crippen LogP contribution in [0.15, 0.2) is 60.7 Å². The lowest BCUT2D eigenvalue weighted by Gasteiger charge is -2.38. The molecular formula is C30H35ClN2O5. The summed E-state index contributed by atoms with van der Waals surface area (Å²) in [4.78, 5) is 15.6. The van der Waals surface area contributed by atoms with Gasteiger partial charge in [-0.15, -0.1) is 0 Å². The van der Waals surface area contributed by atoms with Gasteiger partial charge in [-0.25, -0.2) is 0 Å². The highest BCUT2D eigenvalue weighted by Gasteiger charge is 2.32. The van der Waals surface area contributed by atoms with Gasteiger partial charge in [0, 0.05) is 18.6 Å². The normalized spacial score (nSPS) is 15.0. The lowest BCUT2D eigenvalue weighted by molar-refractivity contribution is 0.0851. The van der Waals surface area contributed by atoms with Crippen molar-refractivity contribution in [3.8, 4) is 23.0 Å². The molecule has 1 aliphatic heterocycles. The molecule has 0 bridgehead atoms. The van der Waals surface area contributed by atoms with Gasteiger partial charge in [-0.05, 0) is 74.3 Å². The van der Waals surface area contributed by atoms with E-state index in [0.29, 0.717) is 23.7 Å². The van der Waals surface area contributed by atoms with Gasteiger partial charge in [-0.3, -0.25) is 4.79 Å². The minimum Gasteiger partial charge on any atom is -0.497 e. The van der Waals surface area contributed by atoms with Crippen LogP contribution in [0.4, 0.5) is 0 Å². The number of nitrogens with one attached hydrogen (secondary N) is 1. The quantitative estimate of drug-likeness (QED) is 0.355. The highest BCUT2D eigenvalue weighted by molar-refractivity contribution is 6.35. The first kappa shape index (κ1) is 27.6. The van der Waals surface area contributed by atoms with Crippen LogP contribution in [-0.2, 0) is 13.2 Å². The molecule has 0 aromatic heterocycles. The number of methoxy groups -OCH3 is 2. The predicted molar refractivity (Wildman–Crippen MR) is 149 cm³/mol. The second kappa shape index (κ2) is 12.4. The Morgan fingerprint density at radius 3 is 1.92 bits per heavy atom. The number of halogens is 1. The first-order valence-electron chi connectivity index (χ1n) is 12.7. The zero-order chi connectivity index (χ0) is 27.1. The molecule has 0 saturated carbocycles. The fraction of sp³-hybridized carbons (Fsp3) is 0.367. The Bertz CT molecular complexity index is 1220. The fourth-order valence-corrected chi connectivity index (χ4v) is 4.60.